The molecule has 0 radical (unpaired) electrons. The average molecular weight is 306 g/mol. The zero-order valence-electron chi connectivity index (χ0n) is 11.8. The van der Waals surface area contributed by atoms with Gasteiger partial charge >= 0.3 is 0 Å². The van der Waals surface area contributed by atoms with Gasteiger partial charge in [0.05, 0.1) is 13.2 Å². The van der Waals surface area contributed by atoms with Gasteiger partial charge in [-0.2, -0.15) is 0 Å². The molecule has 0 saturated carbocycles. The van der Waals surface area contributed by atoms with E-state index in [1.165, 1.54) is 0 Å². The first-order valence-corrected chi connectivity index (χ1v) is 8.22. The highest BCUT2D eigenvalue weighted by atomic mass is 32.1. The highest BCUT2D eigenvalue weighted by Crippen LogP contribution is 2.28. The molecule has 2 aromatic rings. The van der Waals surface area contributed by atoms with Gasteiger partial charge in [-0.3, -0.25) is 14.1 Å². The van der Waals surface area contributed by atoms with Crippen LogP contribution in [-0.4, -0.2) is 66.0 Å². The first kappa shape index (κ1) is 13.2. The molecular weight excluding hydrogens is 288 g/mol. The Morgan fingerprint density at radius 2 is 2.19 bits per heavy atom. The zero-order chi connectivity index (χ0) is 14.2. The second-order valence-corrected chi connectivity index (χ2v) is 6.40. The molecule has 112 valence electrons. The first-order chi connectivity index (χ1) is 10.4. The predicted octanol–water partition coefficient (Wildman–Crippen LogP) is 1.12. The van der Waals surface area contributed by atoms with Gasteiger partial charge in [0.1, 0.15) is 5.69 Å². The SMILES string of the molecule is O=Cc1c(N2CCC(N3CCOCC3)C2)nc2sccn12. The van der Waals surface area contributed by atoms with Gasteiger partial charge in [0.25, 0.3) is 0 Å². The first-order valence-electron chi connectivity index (χ1n) is 7.34. The van der Waals surface area contributed by atoms with Gasteiger partial charge in [0, 0.05) is 43.8 Å². The van der Waals surface area contributed by atoms with E-state index in [1.54, 1.807) is 11.3 Å². The number of carbonyl (C=O) groups is 1. The standard InChI is InChI=1S/C14H18N4O2S/c19-10-12-13(15-14-18(12)5-8-21-14)17-2-1-11(9-17)16-3-6-20-7-4-16/h5,8,10-11H,1-4,6-7,9H2. The van der Waals surface area contributed by atoms with E-state index >= 15 is 0 Å². The van der Waals surface area contributed by atoms with Gasteiger partial charge in [0.15, 0.2) is 17.1 Å². The number of hydrogen-bond donors (Lipinski definition) is 0. The van der Waals surface area contributed by atoms with Crippen LogP contribution in [0.15, 0.2) is 11.6 Å². The third-order valence-electron chi connectivity index (χ3n) is 4.42. The fourth-order valence-electron chi connectivity index (χ4n) is 3.31. The van der Waals surface area contributed by atoms with Crippen LogP contribution >= 0.6 is 11.3 Å². The number of fused-ring (bicyclic) bond motifs is 1. The van der Waals surface area contributed by atoms with Gasteiger partial charge in [-0.1, -0.05) is 0 Å². The molecular formula is C14H18N4O2S. The predicted molar refractivity (Wildman–Crippen MR) is 81.5 cm³/mol. The summed E-state index contributed by atoms with van der Waals surface area (Å²) in [4.78, 5) is 21.7. The van der Waals surface area contributed by atoms with Crippen LogP contribution in [0, 0.1) is 0 Å². The van der Waals surface area contributed by atoms with E-state index < -0.39 is 0 Å². The van der Waals surface area contributed by atoms with Crippen molar-refractivity contribution in [1.29, 1.82) is 0 Å². The fraction of sp³-hybridized carbons (Fsp3) is 0.571. The molecule has 6 nitrogen and oxygen atoms in total. The highest BCUT2D eigenvalue weighted by molar-refractivity contribution is 7.15. The number of carbonyl (C=O) groups excluding carboxylic acids is 1. The Kier molecular flexibility index (Phi) is 3.40. The number of aldehydes is 1. The monoisotopic (exact) mass is 306 g/mol. The van der Waals surface area contributed by atoms with Crippen molar-refractivity contribution in [3.05, 3.63) is 17.3 Å². The molecule has 0 aromatic carbocycles. The normalized spacial score (nSPS) is 24.0. The minimum atomic E-state index is 0.549. The molecule has 21 heavy (non-hydrogen) atoms. The number of rotatable bonds is 3. The van der Waals surface area contributed by atoms with Crippen LogP contribution in [0.4, 0.5) is 5.82 Å². The van der Waals surface area contributed by atoms with E-state index in [0.29, 0.717) is 11.7 Å². The lowest BCUT2D eigenvalue weighted by Gasteiger charge is -2.32. The molecule has 1 atom stereocenters. The number of imidazole rings is 1. The number of thiazole rings is 1. The lowest BCUT2D eigenvalue weighted by molar-refractivity contribution is 0.0209. The van der Waals surface area contributed by atoms with Gasteiger partial charge in [-0.15, -0.1) is 11.3 Å². The summed E-state index contributed by atoms with van der Waals surface area (Å²) in [6, 6.07) is 0.549. The van der Waals surface area contributed by atoms with Crippen molar-refractivity contribution >= 4 is 28.4 Å². The van der Waals surface area contributed by atoms with Crippen molar-refractivity contribution in [3.63, 3.8) is 0 Å². The highest BCUT2D eigenvalue weighted by Gasteiger charge is 2.31. The Bertz CT molecular complexity index is 646. The number of hydrogen-bond acceptors (Lipinski definition) is 6. The topological polar surface area (TPSA) is 50.1 Å². The molecule has 2 fully saturated rings. The molecule has 4 heterocycles. The third-order valence-corrected chi connectivity index (χ3v) is 5.17. The van der Waals surface area contributed by atoms with Gasteiger partial charge in [0.2, 0.25) is 0 Å². The van der Waals surface area contributed by atoms with E-state index in [9.17, 15) is 4.79 Å². The van der Waals surface area contributed by atoms with Gasteiger partial charge in [-0.25, -0.2) is 4.98 Å². The molecule has 2 aromatic heterocycles. The van der Waals surface area contributed by atoms with Crippen LogP contribution in [0.1, 0.15) is 16.9 Å². The lowest BCUT2D eigenvalue weighted by Crippen LogP contribution is -2.44. The largest absolute Gasteiger partial charge is 0.379 e. The van der Waals surface area contributed by atoms with Crippen molar-refractivity contribution in [2.24, 2.45) is 0 Å². The van der Waals surface area contributed by atoms with Crippen LogP contribution in [0.2, 0.25) is 0 Å². The lowest BCUT2D eigenvalue weighted by atomic mass is 10.2. The molecule has 0 spiro atoms. The molecule has 2 aliphatic heterocycles. The minimum absolute atomic E-state index is 0.549. The quantitative estimate of drug-likeness (QED) is 0.795. The van der Waals surface area contributed by atoms with E-state index in [1.807, 2.05) is 16.0 Å². The van der Waals surface area contributed by atoms with E-state index in [0.717, 1.165) is 62.9 Å². The number of nitrogens with zero attached hydrogens (tertiary/aromatic N) is 4. The molecule has 0 bridgehead atoms. The summed E-state index contributed by atoms with van der Waals surface area (Å²) in [5.74, 6) is 0.840. The Balaban J connectivity index is 1.56. The van der Waals surface area contributed by atoms with Crippen molar-refractivity contribution < 1.29 is 9.53 Å². The average Bonchev–Trinajstić information content (AvgIpc) is 3.22. The third kappa shape index (κ3) is 2.25. The van der Waals surface area contributed by atoms with Crippen LogP contribution in [0.25, 0.3) is 4.96 Å². The van der Waals surface area contributed by atoms with Crippen LogP contribution in [-0.2, 0) is 4.74 Å². The van der Waals surface area contributed by atoms with E-state index in [4.69, 9.17) is 4.74 Å². The summed E-state index contributed by atoms with van der Waals surface area (Å²) in [6.45, 7) is 5.60. The molecule has 7 heteroatoms. The molecule has 1 unspecified atom stereocenters. The van der Waals surface area contributed by atoms with Crippen LogP contribution in [0.5, 0.6) is 0 Å². The molecule has 2 saturated heterocycles. The summed E-state index contributed by atoms with van der Waals surface area (Å²) in [6.07, 6.45) is 3.96. The maximum atomic E-state index is 11.4. The van der Waals surface area contributed by atoms with Gasteiger partial charge in [-0.05, 0) is 6.42 Å². The summed E-state index contributed by atoms with van der Waals surface area (Å²) in [7, 11) is 0. The molecule has 0 aliphatic carbocycles. The van der Waals surface area contributed by atoms with Crippen LogP contribution < -0.4 is 4.90 Å². The molecule has 0 amide bonds. The maximum absolute atomic E-state index is 11.4. The summed E-state index contributed by atoms with van der Waals surface area (Å²) in [5.41, 5.74) is 0.675. The Morgan fingerprint density at radius 3 is 3.00 bits per heavy atom. The zero-order valence-corrected chi connectivity index (χ0v) is 12.6. The Hall–Kier alpha value is -1.44. The number of morpholine rings is 1. The van der Waals surface area contributed by atoms with Crippen molar-refractivity contribution in [1.82, 2.24) is 14.3 Å². The maximum Gasteiger partial charge on any atom is 0.196 e. The molecule has 0 N–H and O–H groups in total. The van der Waals surface area contributed by atoms with E-state index in [2.05, 4.69) is 14.8 Å². The second-order valence-electron chi connectivity index (χ2n) is 5.53. The second kappa shape index (κ2) is 5.40. The van der Waals surface area contributed by atoms with Crippen molar-refractivity contribution in [3.8, 4) is 0 Å². The van der Waals surface area contributed by atoms with Gasteiger partial charge < -0.3 is 9.64 Å². The smallest absolute Gasteiger partial charge is 0.196 e. The van der Waals surface area contributed by atoms with Crippen molar-refractivity contribution in [2.45, 2.75) is 12.5 Å². The van der Waals surface area contributed by atoms with Crippen LogP contribution in [0.3, 0.4) is 0 Å². The minimum Gasteiger partial charge on any atom is -0.379 e. The fourth-order valence-corrected chi connectivity index (χ4v) is 4.03. The number of anilines is 1. The Morgan fingerprint density at radius 1 is 1.33 bits per heavy atom. The Labute approximate surface area is 126 Å². The van der Waals surface area contributed by atoms with E-state index in [-0.39, 0.29) is 0 Å². The van der Waals surface area contributed by atoms with Crippen molar-refractivity contribution in [2.75, 3.05) is 44.3 Å². The summed E-state index contributed by atoms with van der Waals surface area (Å²) >= 11 is 1.56. The molecule has 2 aliphatic rings. The number of ether oxygens (including phenoxy) is 1. The molecule has 4 rings (SSSR count). The number of aromatic nitrogens is 2. The summed E-state index contributed by atoms with van der Waals surface area (Å²) in [5, 5.41) is 1.96. The summed E-state index contributed by atoms with van der Waals surface area (Å²) < 4.78 is 7.30.